The molecule has 0 unspecified atom stereocenters. The normalized spacial score (nSPS) is 16.3. The first-order chi connectivity index (χ1) is 9.20. The van der Waals surface area contributed by atoms with E-state index in [0.29, 0.717) is 18.9 Å². The molecule has 0 saturated heterocycles. The van der Waals surface area contributed by atoms with Crippen molar-refractivity contribution in [2.45, 2.75) is 52.4 Å². The third-order valence-electron chi connectivity index (χ3n) is 3.93. The topological polar surface area (TPSA) is 26.3 Å². The molecule has 0 atom stereocenters. The molecule has 1 fully saturated rings. The third kappa shape index (κ3) is 3.82. The van der Waals surface area contributed by atoms with Gasteiger partial charge in [-0.15, -0.1) is 0 Å². The van der Waals surface area contributed by atoms with E-state index < -0.39 is 0 Å². The maximum atomic E-state index is 12.5. The molecule has 1 aliphatic carbocycles. The Morgan fingerprint density at radius 1 is 1.26 bits per heavy atom. The van der Waals surface area contributed by atoms with Crippen molar-refractivity contribution in [1.82, 2.24) is 0 Å². The maximum absolute atomic E-state index is 12.5. The summed E-state index contributed by atoms with van der Waals surface area (Å²) in [7, 11) is 0. The van der Waals surface area contributed by atoms with Crippen LogP contribution in [0.1, 0.15) is 61.4 Å². The van der Waals surface area contributed by atoms with Gasteiger partial charge in [0.15, 0.2) is 5.78 Å². The zero-order valence-electron chi connectivity index (χ0n) is 12.1. The summed E-state index contributed by atoms with van der Waals surface area (Å²) in [6.45, 7) is 4.58. The molecule has 0 radical (unpaired) electrons. The molecule has 1 saturated carbocycles. The smallest absolute Gasteiger partial charge is 0.166 e. The molecule has 0 aromatic heterocycles. The van der Waals surface area contributed by atoms with Crippen LogP contribution in [-0.2, 0) is 0 Å². The van der Waals surface area contributed by atoms with Gasteiger partial charge in [0.05, 0.1) is 12.2 Å². The molecule has 0 heterocycles. The van der Waals surface area contributed by atoms with Gasteiger partial charge < -0.3 is 4.74 Å². The van der Waals surface area contributed by atoms with Crippen LogP contribution in [0.25, 0.3) is 0 Å². The lowest BCUT2D eigenvalue weighted by molar-refractivity contribution is 0.0946. The number of carbonyl (C=O) groups excluding carboxylic acids is 1. The van der Waals surface area contributed by atoms with Gasteiger partial charge in [0.2, 0.25) is 0 Å². The van der Waals surface area contributed by atoms with Crippen LogP contribution in [-0.4, -0.2) is 12.4 Å². The molecule has 1 aromatic carbocycles. The number of rotatable bonds is 5. The van der Waals surface area contributed by atoms with Gasteiger partial charge in [-0.25, -0.2) is 0 Å². The fourth-order valence-electron chi connectivity index (χ4n) is 2.91. The Labute approximate surface area is 116 Å². The first-order valence-corrected chi connectivity index (χ1v) is 7.47. The van der Waals surface area contributed by atoms with Gasteiger partial charge in [-0.2, -0.15) is 0 Å². The second-order valence-corrected chi connectivity index (χ2v) is 5.56. The van der Waals surface area contributed by atoms with Gasteiger partial charge in [0.25, 0.3) is 0 Å². The van der Waals surface area contributed by atoms with Crippen molar-refractivity contribution in [2.24, 2.45) is 5.92 Å². The van der Waals surface area contributed by atoms with E-state index in [0.717, 1.165) is 16.9 Å². The first-order valence-electron chi connectivity index (χ1n) is 7.47. The van der Waals surface area contributed by atoms with Crippen LogP contribution in [0.3, 0.4) is 0 Å². The maximum Gasteiger partial charge on any atom is 0.166 e. The van der Waals surface area contributed by atoms with Crippen molar-refractivity contribution >= 4 is 5.78 Å². The molecule has 1 aromatic rings. The predicted octanol–water partition coefficient (Wildman–Crippen LogP) is 4.55. The van der Waals surface area contributed by atoms with Crippen LogP contribution >= 0.6 is 0 Å². The van der Waals surface area contributed by atoms with Crippen molar-refractivity contribution in [1.29, 1.82) is 0 Å². The number of ether oxygens (including phenoxy) is 1. The molecule has 0 N–H and O–H groups in total. The molecule has 104 valence electrons. The van der Waals surface area contributed by atoms with Gasteiger partial charge in [-0.1, -0.05) is 43.7 Å². The van der Waals surface area contributed by atoms with Crippen molar-refractivity contribution in [3.8, 4) is 5.75 Å². The average molecular weight is 260 g/mol. The zero-order chi connectivity index (χ0) is 13.7. The molecular formula is C17H24O2. The lowest BCUT2D eigenvalue weighted by Gasteiger charge is -2.21. The predicted molar refractivity (Wildman–Crippen MR) is 77.9 cm³/mol. The third-order valence-corrected chi connectivity index (χ3v) is 3.93. The molecule has 1 aliphatic rings. The number of Topliss-reactive ketones (excluding diaryl/α,β-unsaturated/α-hetero) is 1. The van der Waals surface area contributed by atoms with Crippen LogP contribution in [0.2, 0.25) is 0 Å². The van der Waals surface area contributed by atoms with Crippen LogP contribution in [0.4, 0.5) is 0 Å². The van der Waals surface area contributed by atoms with Crippen molar-refractivity contribution < 1.29 is 9.53 Å². The summed E-state index contributed by atoms with van der Waals surface area (Å²) in [6, 6.07) is 5.89. The van der Waals surface area contributed by atoms with Gasteiger partial charge in [0.1, 0.15) is 5.75 Å². The Bertz CT molecular complexity index is 431. The highest BCUT2D eigenvalue weighted by molar-refractivity contribution is 5.99. The van der Waals surface area contributed by atoms with E-state index in [-0.39, 0.29) is 5.78 Å². The fourth-order valence-corrected chi connectivity index (χ4v) is 2.91. The Balaban J connectivity index is 2.10. The standard InChI is InChI=1S/C17H24O2/c1-3-19-17-10-9-13(2)11-15(17)16(18)12-14-7-5-4-6-8-14/h9-11,14H,3-8,12H2,1-2H3. The highest BCUT2D eigenvalue weighted by Gasteiger charge is 2.20. The van der Waals surface area contributed by atoms with Crippen LogP contribution in [0, 0.1) is 12.8 Å². The zero-order valence-corrected chi connectivity index (χ0v) is 12.1. The van der Waals surface area contributed by atoms with Crippen LogP contribution in [0.5, 0.6) is 5.75 Å². The molecule has 0 bridgehead atoms. The summed E-state index contributed by atoms with van der Waals surface area (Å²) in [5.74, 6) is 1.57. The lowest BCUT2D eigenvalue weighted by Crippen LogP contribution is -2.13. The minimum Gasteiger partial charge on any atom is -0.493 e. The summed E-state index contributed by atoms with van der Waals surface area (Å²) < 4.78 is 5.58. The highest BCUT2D eigenvalue weighted by Crippen LogP contribution is 2.29. The number of hydrogen-bond donors (Lipinski definition) is 0. The number of hydrogen-bond acceptors (Lipinski definition) is 2. The second-order valence-electron chi connectivity index (χ2n) is 5.56. The van der Waals surface area contributed by atoms with E-state index in [9.17, 15) is 4.79 Å². The molecule has 2 heteroatoms. The van der Waals surface area contributed by atoms with E-state index in [1.54, 1.807) is 0 Å². The Hall–Kier alpha value is -1.31. The van der Waals surface area contributed by atoms with E-state index in [2.05, 4.69) is 0 Å². The summed E-state index contributed by atoms with van der Waals surface area (Å²) in [4.78, 5) is 12.5. The van der Waals surface area contributed by atoms with Gasteiger partial charge >= 0.3 is 0 Å². The van der Waals surface area contributed by atoms with Crippen molar-refractivity contribution in [3.63, 3.8) is 0 Å². The lowest BCUT2D eigenvalue weighted by atomic mass is 9.84. The molecule has 19 heavy (non-hydrogen) atoms. The summed E-state index contributed by atoms with van der Waals surface area (Å²) >= 11 is 0. The van der Waals surface area contributed by atoms with Gasteiger partial charge in [0, 0.05) is 6.42 Å². The molecule has 0 aliphatic heterocycles. The summed E-state index contributed by atoms with van der Waals surface area (Å²) in [6.07, 6.45) is 7.00. The largest absolute Gasteiger partial charge is 0.493 e. The van der Waals surface area contributed by atoms with E-state index >= 15 is 0 Å². The minimum absolute atomic E-state index is 0.249. The van der Waals surface area contributed by atoms with Gasteiger partial charge in [-0.3, -0.25) is 4.79 Å². The van der Waals surface area contributed by atoms with Crippen molar-refractivity contribution in [2.75, 3.05) is 6.61 Å². The molecule has 2 rings (SSSR count). The quantitative estimate of drug-likeness (QED) is 0.726. The van der Waals surface area contributed by atoms with Gasteiger partial charge in [-0.05, 0) is 31.9 Å². The first kappa shape index (κ1) is 14.1. The van der Waals surface area contributed by atoms with Crippen LogP contribution < -0.4 is 4.74 Å². The van der Waals surface area contributed by atoms with Crippen molar-refractivity contribution in [3.05, 3.63) is 29.3 Å². The number of aryl methyl sites for hydroxylation is 1. The number of ketones is 1. The minimum atomic E-state index is 0.249. The summed E-state index contributed by atoms with van der Waals surface area (Å²) in [5, 5.41) is 0. The molecule has 0 amide bonds. The Kier molecular flexibility index (Phi) is 5.00. The number of benzene rings is 1. The molecular weight excluding hydrogens is 236 g/mol. The highest BCUT2D eigenvalue weighted by atomic mass is 16.5. The molecule has 0 spiro atoms. The molecule has 2 nitrogen and oxygen atoms in total. The average Bonchev–Trinajstić information content (AvgIpc) is 2.42. The summed E-state index contributed by atoms with van der Waals surface area (Å²) in [5.41, 5.74) is 1.89. The fraction of sp³-hybridized carbons (Fsp3) is 0.588. The Morgan fingerprint density at radius 2 is 2.00 bits per heavy atom. The SMILES string of the molecule is CCOc1ccc(C)cc1C(=O)CC1CCCCC1. The van der Waals surface area contributed by atoms with E-state index in [1.165, 1.54) is 32.1 Å². The van der Waals surface area contributed by atoms with Crippen LogP contribution in [0.15, 0.2) is 18.2 Å². The number of carbonyl (C=O) groups is 1. The monoisotopic (exact) mass is 260 g/mol. The van der Waals surface area contributed by atoms with E-state index in [4.69, 9.17) is 4.74 Å². The second kappa shape index (κ2) is 6.74. The Morgan fingerprint density at radius 3 is 2.68 bits per heavy atom. The van der Waals surface area contributed by atoms with E-state index in [1.807, 2.05) is 32.0 Å².